The quantitative estimate of drug-likeness (QED) is 0.463. The number of carbonyl (C=O) groups excluding carboxylic acids is 1. The summed E-state index contributed by atoms with van der Waals surface area (Å²) in [6, 6.07) is 17.2. The van der Waals surface area contributed by atoms with Gasteiger partial charge >= 0.3 is 5.97 Å². The van der Waals surface area contributed by atoms with Gasteiger partial charge in [0.05, 0.1) is 18.2 Å². The molecule has 0 aliphatic heterocycles. The summed E-state index contributed by atoms with van der Waals surface area (Å²) in [5.41, 5.74) is 3.26. The molecule has 0 heterocycles. The monoisotopic (exact) mass is 395 g/mol. The highest BCUT2D eigenvalue weighted by molar-refractivity contribution is 6.74. The number of nitriles is 1. The first-order valence-electron chi connectivity index (χ1n) is 9.43. The molecule has 2 aromatic carbocycles. The Balaban J connectivity index is 2.22. The third-order valence-electron chi connectivity index (χ3n) is 5.29. The van der Waals surface area contributed by atoms with E-state index >= 15 is 0 Å². The first kappa shape index (κ1) is 21.9. The second-order valence-corrected chi connectivity index (χ2v) is 13.3. The number of hydrogen-bond donors (Lipinski definition) is 0. The molecule has 2 rings (SSSR count). The van der Waals surface area contributed by atoms with Crippen LogP contribution >= 0.6 is 0 Å². The smallest absolute Gasteiger partial charge is 0.303 e. The van der Waals surface area contributed by atoms with Crippen LogP contribution in [-0.2, 0) is 20.6 Å². The van der Waals surface area contributed by atoms with Crippen molar-refractivity contribution in [3.8, 4) is 6.07 Å². The van der Waals surface area contributed by atoms with Gasteiger partial charge in [-0.3, -0.25) is 4.79 Å². The largest absolute Gasteiger partial charge is 0.453 e. The van der Waals surface area contributed by atoms with Crippen LogP contribution in [-0.4, -0.2) is 14.3 Å². The molecule has 5 heteroatoms. The lowest BCUT2D eigenvalue weighted by Gasteiger charge is -2.36. The molecule has 0 aromatic heterocycles. The number of ether oxygens (including phenoxy) is 1. The lowest BCUT2D eigenvalue weighted by Crippen LogP contribution is -2.40. The summed E-state index contributed by atoms with van der Waals surface area (Å²) in [5.74, 6) is -0.363. The van der Waals surface area contributed by atoms with Gasteiger partial charge in [-0.15, -0.1) is 0 Å². The fraction of sp³-hybridized carbons (Fsp3) is 0.391. The van der Waals surface area contributed by atoms with Crippen LogP contribution in [0.5, 0.6) is 0 Å². The van der Waals surface area contributed by atoms with Crippen molar-refractivity contribution in [1.29, 1.82) is 5.26 Å². The van der Waals surface area contributed by atoms with E-state index < -0.39 is 14.4 Å². The summed E-state index contributed by atoms with van der Waals surface area (Å²) < 4.78 is 11.8. The standard InChI is InChI=1S/C23H29NO3Si/c1-17(25)27-22(21-9-7-8-19(14-21)15-24)20-12-10-18(11-13-20)16-26-28(5,6)23(2,3)4/h7-14,22H,16H2,1-6H3/t22-/m0/s1. The Kier molecular flexibility index (Phi) is 6.81. The van der Waals surface area contributed by atoms with E-state index in [0.29, 0.717) is 12.2 Å². The fourth-order valence-corrected chi connectivity index (χ4v) is 3.50. The third-order valence-corrected chi connectivity index (χ3v) is 9.77. The van der Waals surface area contributed by atoms with Crippen molar-refractivity contribution in [2.24, 2.45) is 0 Å². The summed E-state index contributed by atoms with van der Waals surface area (Å²) in [6.07, 6.45) is -0.541. The summed E-state index contributed by atoms with van der Waals surface area (Å²) in [6.45, 7) is 13.1. The molecule has 0 amide bonds. The zero-order valence-electron chi connectivity index (χ0n) is 17.6. The molecular weight excluding hydrogens is 366 g/mol. The molecule has 0 unspecified atom stereocenters. The predicted octanol–water partition coefficient (Wildman–Crippen LogP) is 5.73. The maximum absolute atomic E-state index is 11.6. The minimum absolute atomic E-state index is 0.166. The zero-order valence-corrected chi connectivity index (χ0v) is 18.6. The molecule has 0 radical (unpaired) electrons. The van der Waals surface area contributed by atoms with Gasteiger partial charge in [0.15, 0.2) is 14.4 Å². The number of rotatable bonds is 6. The Hall–Kier alpha value is -2.42. The van der Waals surface area contributed by atoms with E-state index in [1.54, 1.807) is 18.2 Å². The first-order valence-corrected chi connectivity index (χ1v) is 12.3. The van der Waals surface area contributed by atoms with Crippen LogP contribution in [0.3, 0.4) is 0 Å². The molecule has 28 heavy (non-hydrogen) atoms. The molecule has 0 saturated heterocycles. The second-order valence-electron chi connectivity index (χ2n) is 8.52. The van der Waals surface area contributed by atoms with Crippen molar-refractivity contribution in [2.75, 3.05) is 0 Å². The van der Waals surface area contributed by atoms with Gasteiger partial charge in [0.2, 0.25) is 0 Å². The Morgan fingerprint density at radius 2 is 1.75 bits per heavy atom. The second kappa shape index (κ2) is 8.72. The van der Waals surface area contributed by atoms with E-state index in [4.69, 9.17) is 14.4 Å². The lowest BCUT2D eigenvalue weighted by molar-refractivity contribution is -0.144. The van der Waals surface area contributed by atoms with Crippen molar-refractivity contribution >= 4 is 14.3 Å². The summed E-state index contributed by atoms with van der Waals surface area (Å²) in [5, 5.41) is 9.31. The van der Waals surface area contributed by atoms with Crippen molar-refractivity contribution in [2.45, 2.75) is 58.5 Å². The maximum Gasteiger partial charge on any atom is 0.303 e. The SMILES string of the molecule is CC(=O)O[C@@H](c1ccc(CO[Si](C)(C)C(C)(C)C)cc1)c1cccc(C#N)c1. The van der Waals surface area contributed by atoms with Crippen LogP contribution in [0.15, 0.2) is 48.5 Å². The van der Waals surface area contributed by atoms with Crippen LogP contribution in [0, 0.1) is 11.3 Å². The van der Waals surface area contributed by atoms with E-state index in [0.717, 1.165) is 16.7 Å². The lowest BCUT2D eigenvalue weighted by atomic mass is 9.99. The first-order chi connectivity index (χ1) is 13.0. The molecule has 0 N–H and O–H groups in total. The highest BCUT2D eigenvalue weighted by Gasteiger charge is 2.37. The summed E-state index contributed by atoms with van der Waals surface area (Å²) >= 11 is 0. The van der Waals surface area contributed by atoms with Gasteiger partial charge in [0, 0.05) is 6.92 Å². The van der Waals surface area contributed by atoms with E-state index in [-0.39, 0.29) is 11.0 Å². The fourth-order valence-electron chi connectivity index (χ4n) is 2.53. The van der Waals surface area contributed by atoms with Gasteiger partial charge < -0.3 is 9.16 Å². The molecule has 148 valence electrons. The number of nitrogens with zero attached hydrogens (tertiary/aromatic N) is 1. The topological polar surface area (TPSA) is 59.3 Å². The Morgan fingerprint density at radius 1 is 1.11 bits per heavy atom. The normalized spacial score (nSPS) is 12.9. The molecule has 1 atom stereocenters. The third kappa shape index (κ3) is 5.54. The van der Waals surface area contributed by atoms with Gasteiger partial charge in [0.25, 0.3) is 0 Å². The van der Waals surface area contributed by atoms with Crippen molar-refractivity contribution < 1.29 is 14.0 Å². The molecule has 0 aliphatic rings. The van der Waals surface area contributed by atoms with Gasteiger partial charge in [-0.25, -0.2) is 0 Å². The number of hydrogen-bond acceptors (Lipinski definition) is 4. The van der Waals surface area contributed by atoms with Gasteiger partial charge in [0.1, 0.15) is 0 Å². The minimum Gasteiger partial charge on any atom is -0.453 e. The van der Waals surface area contributed by atoms with Crippen molar-refractivity contribution in [1.82, 2.24) is 0 Å². The molecule has 0 spiro atoms. The molecule has 0 fully saturated rings. The Labute approximate surface area is 169 Å². The molecule has 4 nitrogen and oxygen atoms in total. The summed E-state index contributed by atoms with van der Waals surface area (Å²) in [7, 11) is -1.81. The van der Waals surface area contributed by atoms with Gasteiger partial charge in [-0.1, -0.05) is 57.2 Å². The average Bonchev–Trinajstić information content (AvgIpc) is 2.64. The van der Waals surface area contributed by atoms with Gasteiger partial charge in [-0.05, 0) is 47.0 Å². The van der Waals surface area contributed by atoms with E-state index in [1.807, 2.05) is 30.3 Å². The van der Waals surface area contributed by atoms with Crippen LogP contribution in [0.4, 0.5) is 0 Å². The minimum atomic E-state index is -1.81. The van der Waals surface area contributed by atoms with Crippen LogP contribution in [0.1, 0.15) is 56.1 Å². The molecule has 0 bridgehead atoms. The van der Waals surface area contributed by atoms with Crippen LogP contribution < -0.4 is 0 Å². The van der Waals surface area contributed by atoms with E-state index in [9.17, 15) is 4.79 Å². The Bertz CT molecular complexity index is 861. The van der Waals surface area contributed by atoms with Crippen LogP contribution in [0.2, 0.25) is 18.1 Å². The van der Waals surface area contributed by atoms with E-state index in [2.05, 4.69) is 39.9 Å². The average molecular weight is 396 g/mol. The maximum atomic E-state index is 11.6. The number of benzene rings is 2. The predicted molar refractivity (Wildman–Crippen MR) is 113 cm³/mol. The highest BCUT2D eigenvalue weighted by atomic mass is 28.4. The Morgan fingerprint density at radius 3 is 2.29 bits per heavy atom. The van der Waals surface area contributed by atoms with Crippen LogP contribution in [0.25, 0.3) is 0 Å². The van der Waals surface area contributed by atoms with Crippen molar-refractivity contribution in [3.05, 3.63) is 70.8 Å². The molecule has 0 aliphatic carbocycles. The number of esters is 1. The molecule has 0 saturated carbocycles. The van der Waals surface area contributed by atoms with Gasteiger partial charge in [-0.2, -0.15) is 5.26 Å². The van der Waals surface area contributed by atoms with Crippen molar-refractivity contribution in [3.63, 3.8) is 0 Å². The zero-order chi connectivity index (χ0) is 20.9. The number of carbonyl (C=O) groups is 1. The summed E-state index contributed by atoms with van der Waals surface area (Å²) in [4.78, 5) is 11.6. The molecular formula is C23H29NO3Si. The molecule has 2 aromatic rings. The highest BCUT2D eigenvalue weighted by Crippen LogP contribution is 2.37. The van der Waals surface area contributed by atoms with E-state index in [1.165, 1.54) is 6.92 Å².